The van der Waals surface area contributed by atoms with Crippen molar-refractivity contribution in [2.24, 2.45) is 0 Å². The summed E-state index contributed by atoms with van der Waals surface area (Å²) in [6.45, 7) is 0.629. The molecule has 1 aliphatic heterocycles. The molecule has 0 bridgehead atoms. The molecule has 0 saturated heterocycles. The molecule has 22 heavy (non-hydrogen) atoms. The highest BCUT2D eigenvalue weighted by Crippen LogP contribution is 2.30. The second-order valence-electron chi connectivity index (χ2n) is 6.08. The third kappa shape index (κ3) is 2.21. The zero-order valence-corrected chi connectivity index (χ0v) is 12.4. The van der Waals surface area contributed by atoms with E-state index >= 15 is 0 Å². The van der Waals surface area contributed by atoms with Crippen molar-refractivity contribution in [3.63, 3.8) is 0 Å². The molecule has 1 N–H and O–H groups in total. The molecule has 0 saturated carbocycles. The van der Waals surface area contributed by atoms with Gasteiger partial charge in [0.1, 0.15) is 5.82 Å². The monoisotopic (exact) mass is 299 g/mol. The predicted molar refractivity (Wildman–Crippen MR) is 81.4 cm³/mol. The highest BCUT2D eigenvalue weighted by atomic mass is 19.1. The fourth-order valence-corrected chi connectivity index (χ4v) is 3.56. The van der Waals surface area contributed by atoms with Gasteiger partial charge in [0.2, 0.25) is 5.91 Å². The number of aryl methyl sites for hydroxylation is 1. The van der Waals surface area contributed by atoms with E-state index in [1.54, 1.807) is 11.0 Å². The lowest BCUT2D eigenvalue weighted by Gasteiger charge is -2.17. The summed E-state index contributed by atoms with van der Waals surface area (Å²) >= 11 is 0. The summed E-state index contributed by atoms with van der Waals surface area (Å²) < 4.78 is 13.3. The number of amides is 1. The summed E-state index contributed by atoms with van der Waals surface area (Å²) in [5, 5.41) is 7.43. The topological polar surface area (TPSA) is 49.0 Å². The van der Waals surface area contributed by atoms with Crippen LogP contribution in [0.2, 0.25) is 0 Å². The Morgan fingerprint density at radius 2 is 2.14 bits per heavy atom. The molecule has 1 aromatic heterocycles. The molecule has 2 aromatic rings. The molecule has 0 fully saturated rings. The van der Waals surface area contributed by atoms with E-state index in [1.807, 2.05) is 0 Å². The van der Waals surface area contributed by atoms with Crippen LogP contribution in [0.3, 0.4) is 0 Å². The lowest BCUT2D eigenvalue weighted by molar-refractivity contribution is -0.117. The van der Waals surface area contributed by atoms with Crippen LogP contribution in [-0.4, -0.2) is 22.6 Å². The number of aromatic nitrogens is 2. The average molecular weight is 299 g/mol. The van der Waals surface area contributed by atoms with Crippen molar-refractivity contribution in [3.05, 3.63) is 46.5 Å². The number of hydrogen-bond donors (Lipinski definition) is 1. The standard InChI is InChI=1S/C17H18FN3O/c18-12-5-6-16-11(9-12)7-8-21(16)17(22)10-15-13-3-1-2-4-14(13)19-20-15/h5-6,9H,1-4,7-8,10H2,(H,19,20). The van der Waals surface area contributed by atoms with Crippen LogP contribution in [0.1, 0.15) is 35.4 Å². The molecule has 0 unspecified atom stereocenters. The lowest BCUT2D eigenvalue weighted by atomic mass is 9.95. The highest BCUT2D eigenvalue weighted by Gasteiger charge is 2.27. The molecule has 4 nitrogen and oxygen atoms in total. The van der Waals surface area contributed by atoms with Crippen molar-refractivity contribution in [3.8, 4) is 0 Å². The van der Waals surface area contributed by atoms with Crippen molar-refractivity contribution in [2.45, 2.75) is 38.5 Å². The molecule has 0 radical (unpaired) electrons. The van der Waals surface area contributed by atoms with Crippen molar-refractivity contribution in [2.75, 3.05) is 11.4 Å². The Morgan fingerprint density at radius 1 is 1.27 bits per heavy atom. The minimum absolute atomic E-state index is 0.0465. The number of rotatable bonds is 2. The first-order chi connectivity index (χ1) is 10.7. The molecular weight excluding hydrogens is 281 g/mol. The molecular formula is C17H18FN3O. The highest BCUT2D eigenvalue weighted by molar-refractivity contribution is 5.96. The number of carbonyl (C=O) groups excluding carboxylic acids is 1. The van der Waals surface area contributed by atoms with Crippen molar-refractivity contribution in [1.82, 2.24) is 10.2 Å². The summed E-state index contributed by atoms with van der Waals surface area (Å²) in [6.07, 6.45) is 5.44. The van der Waals surface area contributed by atoms with Gasteiger partial charge in [-0.3, -0.25) is 9.89 Å². The number of benzene rings is 1. The summed E-state index contributed by atoms with van der Waals surface area (Å²) in [5.74, 6) is -0.195. The van der Waals surface area contributed by atoms with Crippen LogP contribution in [0.4, 0.5) is 10.1 Å². The van der Waals surface area contributed by atoms with E-state index in [0.717, 1.165) is 36.2 Å². The summed E-state index contributed by atoms with van der Waals surface area (Å²) in [7, 11) is 0. The lowest BCUT2D eigenvalue weighted by Crippen LogP contribution is -2.30. The first-order valence-corrected chi connectivity index (χ1v) is 7.86. The van der Waals surface area contributed by atoms with E-state index in [-0.39, 0.29) is 11.7 Å². The van der Waals surface area contributed by atoms with Gasteiger partial charge in [-0.2, -0.15) is 5.10 Å². The average Bonchev–Trinajstić information content (AvgIpc) is 3.11. The largest absolute Gasteiger partial charge is 0.311 e. The van der Waals surface area contributed by atoms with Gasteiger partial charge in [-0.05, 0) is 61.4 Å². The van der Waals surface area contributed by atoms with E-state index in [9.17, 15) is 9.18 Å². The maximum atomic E-state index is 13.3. The van der Waals surface area contributed by atoms with Crippen LogP contribution in [0.25, 0.3) is 0 Å². The van der Waals surface area contributed by atoms with Gasteiger partial charge in [-0.1, -0.05) is 0 Å². The predicted octanol–water partition coefficient (Wildman–Crippen LogP) is 2.56. The van der Waals surface area contributed by atoms with Crippen LogP contribution in [0, 0.1) is 5.82 Å². The van der Waals surface area contributed by atoms with E-state index in [0.29, 0.717) is 13.0 Å². The fraction of sp³-hybridized carbons (Fsp3) is 0.412. The minimum atomic E-state index is -0.241. The second-order valence-corrected chi connectivity index (χ2v) is 6.08. The van der Waals surface area contributed by atoms with Gasteiger partial charge in [0.05, 0.1) is 12.1 Å². The molecule has 0 spiro atoms. The first-order valence-electron chi connectivity index (χ1n) is 7.86. The third-order valence-electron chi connectivity index (χ3n) is 4.70. The number of aromatic amines is 1. The SMILES string of the molecule is O=C(Cc1n[nH]c2c1CCCC2)N1CCc2cc(F)ccc21. The first kappa shape index (κ1) is 13.5. The summed E-state index contributed by atoms with van der Waals surface area (Å²) in [5.41, 5.74) is 5.07. The molecule has 4 rings (SSSR count). The Balaban J connectivity index is 1.56. The number of anilines is 1. The Labute approximate surface area is 128 Å². The van der Waals surface area contributed by atoms with E-state index in [2.05, 4.69) is 10.2 Å². The Morgan fingerprint density at radius 3 is 3.05 bits per heavy atom. The quantitative estimate of drug-likeness (QED) is 0.926. The molecule has 2 aliphatic rings. The number of H-pyrrole nitrogens is 1. The minimum Gasteiger partial charge on any atom is -0.311 e. The van der Waals surface area contributed by atoms with Crippen molar-refractivity contribution < 1.29 is 9.18 Å². The van der Waals surface area contributed by atoms with Gasteiger partial charge in [0, 0.05) is 17.9 Å². The molecule has 2 heterocycles. The summed E-state index contributed by atoms with van der Waals surface area (Å²) in [4.78, 5) is 14.4. The van der Waals surface area contributed by atoms with Gasteiger partial charge in [0.25, 0.3) is 0 Å². The normalized spacial score (nSPS) is 16.5. The van der Waals surface area contributed by atoms with Crippen LogP contribution >= 0.6 is 0 Å². The molecule has 0 atom stereocenters. The van der Waals surface area contributed by atoms with E-state index < -0.39 is 0 Å². The smallest absolute Gasteiger partial charge is 0.233 e. The number of halogens is 1. The Hall–Kier alpha value is -2.17. The van der Waals surface area contributed by atoms with Crippen LogP contribution in [0.15, 0.2) is 18.2 Å². The fourth-order valence-electron chi connectivity index (χ4n) is 3.56. The maximum Gasteiger partial charge on any atom is 0.233 e. The zero-order valence-electron chi connectivity index (χ0n) is 12.4. The van der Waals surface area contributed by atoms with Crippen LogP contribution < -0.4 is 4.90 Å². The van der Waals surface area contributed by atoms with Crippen LogP contribution in [-0.2, 0) is 30.5 Å². The molecule has 114 valence electrons. The van der Waals surface area contributed by atoms with Crippen molar-refractivity contribution in [1.29, 1.82) is 0 Å². The molecule has 5 heteroatoms. The van der Waals surface area contributed by atoms with Gasteiger partial charge in [-0.25, -0.2) is 4.39 Å². The number of hydrogen-bond acceptors (Lipinski definition) is 2. The van der Waals surface area contributed by atoms with Crippen molar-refractivity contribution >= 4 is 11.6 Å². The third-order valence-corrected chi connectivity index (χ3v) is 4.70. The van der Waals surface area contributed by atoms with Gasteiger partial charge < -0.3 is 4.90 Å². The molecule has 1 amide bonds. The van der Waals surface area contributed by atoms with Gasteiger partial charge in [0.15, 0.2) is 0 Å². The number of nitrogens with zero attached hydrogens (tertiary/aromatic N) is 2. The number of fused-ring (bicyclic) bond motifs is 2. The number of carbonyl (C=O) groups is 1. The van der Waals surface area contributed by atoms with E-state index in [4.69, 9.17) is 0 Å². The second kappa shape index (κ2) is 5.23. The Bertz CT molecular complexity index is 738. The number of nitrogens with one attached hydrogen (secondary N) is 1. The van der Waals surface area contributed by atoms with Gasteiger partial charge in [-0.15, -0.1) is 0 Å². The molecule has 1 aliphatic carbocycles. The maximum absolute atomic E-state index is 13.3. The van der Waals surface area contributed by atoms with E-state index in [1.165, 1.54) is 36.2 Å². The summed E-state index contributed by atoms with van der Waals surface area (Å²) in [6, 6.07) is 4.65. The van der Waals surface area contributed by atoms with Gasteiger partial charge >= 0.3 is 0 Å². The molecule has 1 aromatic carbocycles. The van der Waals surface area contributed by atoms with Crippen LogP contribution in [0.5, 0.6) is 0 Å². The Kier molecular flexibility index (Phi) is 3.21. The zero-order chi connectivity index (χ0) is 15.1.